The van der Waals surface area contributed by atoms with Crippen molar-refractivity contribution in [2.45, 2.75) is 25.5 Å². The van der Waals surface area contributed by atoms with Gasteiger partial charge in [0.15, 0.2) is 0 Å². The minimum absolute atomic E-state index is 0.0251. The van der Waals surface area contributed by atoms with Crippen molar-refractivity contribution in [3.8, 4) is 5.75 Å². The van der Waals surface area contributed by atoms with E-state index in [2.05, 4.69) is 38.4 Å². The van der Waals surface area contributed by atoms with Crippen LogP contribution in [0.2, 0.25) is 0 Å². The Bertz CT molecular complexity index is 1370. The number of rotatable bonds is 7. The molecule has 2 heterocycles. The second-order valence-corrected chi connectivity index (χ2v) is 8.74. The number of aromatic amines is 1. The molecule has 0 saturated heterocycles. The number of aromatic nitrogens is 2. The highest BCUT2D eigenvalue weighted by atomic mass is 16.5. The zero-order valence-corrected chi connectivity index (χ0v) is 19.4. The standard InChI is InChI=1S/C28H28N4O3/c33-27(29-16-14-26-30-23-12-6-5-11-22(23)28(34)31-26)15-17-32-18-21-10-4-7-13-24(21)35-25(19-32)20-8-2-1-3-9-20/h1-13,25H,14-19H2,(H,29,33)(H,30,31,34)/t25-/m1/s1. The van der Waals surface area contributed by atoms with Gasteiger partial charge in [-0.25, -0.2) is 4.98 Å². The number of H-pyrrole nitrogens is 1. The summed E-state index contributed by atoms with van der Waals surface area (Å²) in [6.07, 6.45) is 0.747. The lowest BCUT2D eigenvalue weighted by Gasteiger charge is -2.24. The van der Waals surface area contributed by atoms with Crippen molar-refractivity contribution in [3.05, 3.63) is 106 Å². The van der Waals surface area contributed by atoms with Gasteiger partial charge < -0.3 is 15.0 Å². The predicted octanol–water partition coefficient (Wildman–Crippen LogP) is 3.61. The number of para-hydroxylation sites is 2. The Morgan fingerprint density at radius 3 is 2.69 bits per heavy atom. The molecule has 5 rings (SSSR count). The summed E-state index contributed by atoms with van der Waals surface area (Å²) in [6.45, 7) is 2.47. The van der Waals surface area contributed by atoms with Gasteiger partial charge in [-0.15, -0.1) is 0 Å². The maximum absolute atomic E-state index is 12.6. The van der Waals surface area contributed by atoms with Gasteiger partial charge in [0.05, 0.1) is 10.9 Å². The van der Waals surface area contributed by atoms with Gasteiger partial charge in [-0.05, 0) is 23.8 Å². The molecule has 178 valence electrons. The third kappa shape index (κ3) is 5.58. The maximum Gasteiger partial charge on any atom is 0.258 e. The summed E-state index contributed by atoms with van der Waals surface area (Å²) in [4.78, 5) is 34.4. The van der Waals surface area contributed by atoms with Crippen molar-refractivity contribution in [2.75, 3.05) is 19.6 Å². The minimum Gasteiger partial charge on any atom is -0.484 e. The number of carbonyl (C=O) groups excluding carboxylic acids is 1. The first-order valence-electron chi connectivity index (χ1n) is 11.9. The van der Waals surface area contributed by atoms with Crippen molar-refractivity contribution in [3.63, 3.8) is 0 Å². The van der Waals surface area contributed by atoms with Gasteiger partial charge in [-0.1, -0.05) is 60.7 Å². The highest BCUT2D eigenvalue weighted by Crippen LogP contribution is 2.31. The first kappa shape index (κ1) is 22.8. The first-order chi connectivity index (χ1) is 17.2. The van der Waals surface area contributed by atoms with E-state index in [0.717, 1.165) is 23.4 Å². The molecule has 35 heavy (non-hydrogen) atoms. The minimum atomic E-state index is -0.159. The molecular weight excluding hydrogens is 440 g/mol. The highest BCUT2D eigenvalue weighted by molar-refractivity contribution is 5.77. The first-order valence-corrected chi connectivity index (χ1v) is 11.9. The van der Waals surface area contributed by atoms with Crippen molar-refractivity contribution in [2.24, 2.45) is 0 Å². The number of ether oxygens (including phenoxy) is 1. The number of amides is 1. The molecule has 1 aliphatic rings. The summed E-state index contributed by atoms with van der Waals surface area (Å²) >= 11 is 0. The molecule has 1 amide bonds. The lowest BCUT2D eigenvalue weighted by atomic mass is 10.1. The summed E-state index contributed by atoms with van der Waals surface area (Å²) in [5, 5.41) is 3.52. The number of fused-ring (bicyclic) bond motifs is 2. The molecule has 3 aromatic carbocycles. The van der Waals surface area contributed by atoms with Gasteiger partial charge in [0.25, 0.3) is 5.56 Å². The Morgan fingerprint density at radius 1 is 1.03 bits per heavy atom. The molecule has 0 bridgehead atoms. The maximum atomic E-state index is 12.6. The molecule has 0 unspecified atom stereocenters. The van der Waals surface area contributed by atoms with E-state index in [0.29, 0.717) is 49.2 Å². The smallest absolute Gasteiger partial charge is 0.258 e. The predicted molar refractivity (Wildman–Crippen MR) is 135 cm³/mol. The van der Waals surface area contributed by atoms with Crippen molar-refractivity contribution < 1.29 is 9.53 Å². The monoisotopic (exact) mass is 468 g/mol. The van der Waals surface area contributed by atoms with Crippen LogP contribution >= 0.6 is 0 Å². The fourth-order valence-corrected chi connectivity index (χ4v) is 4.41. The Balaban J connectivity index is 1.18. The van der Waals surface area contributed by atoms with Crippen molar-refractivity contribution in [1.29, 1.82) is 0 Å². The largest absolute Gasteiger partial charge is 0.484 e. The van der Waals surface area contributed by atoms with Crippen LogP contribution in [0.4, 0.5) is 0 Å². The van der Waals surface area contributed by atoms with Gasteiger partial charge in [0, 0.05) is 44.6 Å². The Morgan fingerprint density at radius 2 is 1.80 bits per heavy atom. The number of benzene rings is 3. The summed E-state index contributed by atoms with van der Waals surface area (Å²) in [6, 6.07) is 25.5. The topological polar surface area (TPSA) is 87.3 Å². The van der Waals surface area contributed by atoms with Gasteiger partial charge >= 0.3 is 0 Å². The van der Waals surface area contributed by atoms with Crippen LogP contribution in [0, 0.1) is 0 Å². The average molecular weight is 469 g/mol. The van der Waals surface area contributed by atoms with Crippen LogP contribution in [0.1, 0.15) is 29.5 Å². The SMILES string of the molecule is O=C(CCN1Cc2ccccc2O[C@@H](c2ccccc2)C1)NCCc1nc2ccccc2c(=O)[nH]1. The third-order valence-corrected chi connectivity index (χ3v) is 6.23. The van der Waals surface area contributed by atoms with Crippen LogP contribution < -0.4 is 15.6 Å². The average Bonchev–Trinajstić information content (AvgIpc) is 3.07. The molecule has 1 aliphatic heterocycles. The van der Waals surface area contributed by atoms with E-state index in [1.165, 1.54) is 0 Å². The highest BCUT2D eigenvalue weighted by Gasteiger charge is 2.24. The second-order valence-electron chi connectivity index (χ2n) is 8.74. The van der Waals surface area contributed by atoms with Crippen LogP contribution in [0.25, 0.3) is 10.9 Å². The van der Waals surface area contributed by atoms with Crippen LogP contribution in [0.15, 0.2) is 83.7 Å². The Labute approximate surface area is 203 Å². The molecule has 0 spiro atoms. The van der Waals surface area contributed by atoms with Crippen molar-refractivity contribution in [1.82, 2.24) is 20.2 Å². The zero-order valence-electron chi connectivity index (χ0n) is 19.4. The Kier molecular flexibility index (Phi) is 6.86. The molecular formula is C28H28N4O3. The van der Waals surface area contributed by atoms with Gasteiger partial charge in [0.1, 0.15) is 17.7 Å². The van der Waals surface area contributed by atoms with Gasteiger partial charge in [-0.3, -0.25) is 14.5 Å². The fraction of sp³-hybridized carbons (Fsp3) is 0.250. The molecule has 0 aliphatic carbocycles. The molecule has 1 atom stereocenters. The van der Waals surface area contributed by atoms with E-state index in [9.17, 15) is 9.59 Å². The van der Waals surface area contributed by atoms with E-state index >= 15 is 0 Å². The summed E-state index contributed by atoms with van der Waals surface area (Å²) in [7, 11) is 0. The molecule has 2 N–H and O–H groups in total. The van der Waals surface area contributed by atoms with E-state index in [1.54, 1.807) is 6.07 Å². The van der Waals surface area contributed by atoms with Crippen molar-refractivity contribution >= 4 is 16.8 Å². The molecule has 0 fully saturated rings. The number of hydrogen-bond acceptors (Lipinski definition) is 5. The van der Waals surface area contributed by atoms with E-state index < -0.39 is 0 Å². The quantitative estimate of drug-likeness (QED) is 0.433. The van der Waals surface area contributed by atoms with Crippen LogP contribution in [0.3, 0.4) is 0 Å². The number of hydrogen-bond donors (Lipinski definition) is 2. The number of carbonyl (C=O) groups is 1. The van der Waals surface area contributed by atoms with Crippen LogP contribution in [-0.2, 0) is 17.8 Å². The van der Waals surface area contributed by atoms with E-state index in [1.807, 2.05) is 54.6 Å². The fourth-order valence-electron chi connectivity index (χ4n) is 4.41. The molecule has 4 aromatic rings. The third-order valence-electron chi connectivity index (χ3n) is 6.23. The summed E-state index contributed by atoms with van der Waals surface area (Å²) in [5.74, 6) is 1.44. The molecule has 0 saturated carbocycles. The van der Waals surface area contributed by atoms with Crippen LogP contribution in [0.5, 0.6) is 5.75 Å². The lowest BCUT2D eigenvalue weighted by molar-refractivity contribution is -0.121. The molecule has 0 radical (unpaired) electrons. The zero-order chi connectivity index (χ0) is 24.0. The molecule has 7 nitrogen and oxygen atoms in total. The number of nitrogens with one attached hydrogen (secondary N) is 2. The molecule has 1 aromatic heterocycles. The van der Waals surface area contributed by atoms with Gasteiger partial charge in [-0.2, -0.15) is 0 Å². The molecule has 7 heteroatoms. The lowest BCUT2D eigenvalue weighted by Crippen LogP contribution is -2.34. The van der Waals surface area contributed by atoms with E-state index in [4.69, 9.17) is 4.74 Å². The number of nitrogens with zero attached hydrogens (tertiary/aromatic N) is 2. The Hall–Kier alpha value is -3.97. The second kappa shape index (κ2) is 10.5. The van der Waals surface area contributed by atoms with E-state index in [-0.39, 0.29) is 17.6 Å². The normalized spacial score (nSPS) is 15.7. The van der Waals surface area contributed by atoms with Gasteiger partial charge in [0.2, 0.25) is 5.91 Å². The van der Waals surface area contributed by atoms with Crippen LogP contribution in [-0.4, -0.2) is 40.4 Å². The summed E-state index contributed by atoms with van der Waals surface area (Å²) < 4.78 is 6.36. The summed E-state index contributed by atoms with van der Waals surface area (Å²) in [5.41, 5.74) is 2.75.